The summed E-state index contributed by atoms with van der Waals surface area (Å²) < 4.78 is 5.17. The van der Waals surface area contributed by atoms with E-state index in [4.69, 9.17) is 10.2 Å². The van der Waals surface area contributed by atoms with Gasteiger partial charge in [-0.05, 0) is 18.6 Å². The van der Waals surface area contributed by atoms with E-state index < -0.39 is 0 Å². The van der Waals surface area contributed by atoms with E-state index in [2.05, 4.69) is 4.98 Å². The fourth-order valence-corrected chi connectivity index (χ4v) is 1.10. The predicted octanol–water partition coefficient (Wildman–Crippen LogP) is 1.72. The molecule has 2 N–H and O–H groups in total. The quantitative estimate of drug-likeness (QED) is 0.618. The van der Waals surface area contributed by atoms with Crippen LogP contribution in [0.25, 0.3) is 11.1 Å². The number of benzene rings is 1. The molecule has 0 aliphatic rings. The van der Waals surface area contributed by atoms with Gasteiger partial charge in [-0.1, -0.05) is 12.1 Å². The van der Waals surface area contributed by atoms with Crippen molar-refractivity contribution >= 4 is 17.1 Å². The zero-order valence-electron chi connectivity index (χ0n) is 6.16. The Morgan fingerprint density at radius 1 is 1.45 bits per heavy atom. The molecule has 2 aromatic rings. The van der Waals surface area contributed by atoms with Crippen molar-refractivity contribution in [2.75, 3.05) is 5.73 Å². The number of fused-ring (bicyclic) bond motifs is 1. The largest absolute Gasteiger partial charge is 0.423 e. The summed E-state index contributed by atoms with van der Waals surface area (Å²) in [6.45, 7) is 1.97. The van der Waals surface area contributed by atoms with Crippen molar-refractivity contribution in [3.05, 3.63) is 23.8 Å². The molecule has 0 saturated carbocycles. The van der Waals surface area contributed by atoms with E-state index in [0.29, 0.717) is 0 Å². The summed E-state index contributed by atoms with van der Waals surface area (Å²) in [7, 11) is 0. The number of hydrogen-bond acceptors (Lipinski definition) is 3. The number of nitrogens with zero attached hydrogens (tertiary/aromatic N) is 1. The summed E-state index contributed by atoms with van der Waals surface area (Å²) in [4.78, 5) is 3.99. The SMILES string of the molecule is Cc1cccc2nc(N)oc12. The van der Waals surface area contributed by atoms with Gasteiger partial charge in [0.25, 0.3) is 6.01 Å². The Hall–Kier alpha value is -1.51. The summed E-state index contributed by atoms with van der Waals surface area (Å²) in [6, 6.07) is 6.00. The lowest BCUT2D eigenvalue weighted by molar-refractivity contribution is 0.624. The van der Waals surface area contributed by atoms with Crippen molar-refractivity contribution in [1.29, 1.82) is 0 Å². The third-order valence-corrected chi connectivity index (χ3v) is 1.63. The Morgan fingerprint density at radius 2 is 2.27 bits per heavy atom. The first-order chi connectivity index (χ1) is 5.27. The van der Waals surface area contributed by atoms with Crippen LogP contribution in [-0.2, 0) is 0 Å². The number of nitrogen functional groups attached to an aromatic ring is 1. The van der Waals surface area contributed by atoms with Crippen molar-refractivity contribution in [3.63, 3.8) is 0 Å². The molecular weight excluding hydrogens is 140 g/mol. The van der Waals surface area contributed by atoms with Gasteiger partial charge in [-0.2, -0.15) is 4.98 Å². The Kier molecular flexibility index (Phi) is 1.12. The second-order valence-electron chi connectivity index (χ2n) is 2.48. The van der Waals surface area contributed by atoms with Crippen LogP contribution in [0.5, 0.6) is 0 Å². The minimum absolute atomic E-state index is 0.231. The molecule has 0 saturated heterocycles. The molecule has 2 rings (SSSR count). The van der Waals surface area contributed by atoms with Crippen LogP contribution >= 0.6 is 0 Å². The summed E-state index contributed by atoms with van der Waals surface area (Å²) in [5.74, 6) is 0. The maximum atomic E-state index is 5.38. The highest BCUT2D eigenvalue weighted by Gasteiger charge is 2.02. The number of para-hydroxylation sites is 1. The van der Waals surface area contributed by atoms with Gasteiger partial charge in [0.1, 0.15) is 5.52 Å². The third-order valence-electron chi connectivity index (χ3n) is 1.63. The third kappa shape index (κ3) is 0.852. The van der Waals surface area contributed by atoms with Gasteiger partial charge in [0, 0.05) is 0 Å². The molecule has 0 bridgehead atoms. The Labute approximate surface area is 63.8 Å². The Morgan fingerprint density at radius 3 is 3.00 bits per heavy atom. The fourth-order valence-electron chi connectivity index (χ4n) is 1.10. The Balaban J connectivity index is 2.90. The van der Waals surface area contributed by atoms with Crippen LogP contribution in [0.4, 0.5) is 6.01 Å². The lowest BCUT2D eigenvalue weighted by Gasteiger charge is -1.88. The second-order valence-corrected chi connectivity index (χ2v) is 2.48. The van der Waals surface area contributed by atoms with E-state index in [1.54, 1.807) is 0 Å². The van der Waals surface area contributed by atoms with Gasteiger partial charge < -0.3 is 10.2 Å². The van der Waals surface area contributed by atoms with Crippen LogP contribution in [0.1, 0.15) is 5.56 Å². The number of aryl methyl sites for hydroxylation is 1. The highest BCUT2D eigenvalue weighted by molar-refractivity contribution is 5.77. The van der Waals surface area contributed by atoms with E-state index in [0.717, 1.165) is 16.7 Å². The number of anilines is 1. The van der Waals surface area contributed by atoms with Crippen LogP contribution < -0.4 is 5.73 Å². The maximum Gasteiger partial charge on any atom is 0.292 e. The molecule has 3 nitrogen and oxygen atoms in total. The molecule has 1 aromatic heterocycles. The zero-order chi connectivity index (χ0) is 7.84. The van der Waals surface area contributed by atoms with Gasteiger partial charge in [-0.3, -0.25) is 0 Å². The minimum Gasteiger partial charge on any atom is -0.423 e. The smallest absolute Gasteiger partial charge is 0.292 e. The van der Waals surface area contributed by atoms with Crippen LogP contribution in [0.3, 0.4) is 0 Å². The van der Waals surface area contributed by atoms with Gasteiger partial charge in [-0.25, -0.2) is 0 Å². The monoisotopic (exact) mass is 148 g/mol. The van der Waals surface area contributed by atoms with Crippen molar-refractivity contribution in [2.24, 2.45) is 0 Å². The normalized spacial score (nSPS) is 10.6. The molecule has 0 atom stereocenters. The molecule has 0 aliphatic heterocycles. The van der Waals surface area contributed by atoms with Crippen LogP contribution in [-0.4, -0.2) is 4.98 Å². The molecule has 3 heteroatoms. The molecule has 0 amide bonds. The van der Waals surface area contributed by atoms with E-state index >= 15 is 0 Å². The van der Waals surface area contributed by atoms with Crippen molar-refractivity contribution in [1.82, 2.24) is 4.98 Å². The average molecular weight is 148 g/mol. The topological polar surface area (TPSA) is 52.0 Å². The summed E-state index contributed by atoms with van der Waals surface area (Å²) in [5.41, 5.74) is 8.05. The van der Waals surface area contributed by atoms with Crippen LogP contribution in [0.15, 0.2) is 22.6 Å². The van der Waals surface area contributed by atoms with Gasteiger partial charge in [0.2, 0.25) is 0 Å². The number of rotatable bonds is 0. The van der Waals surface area contributed by atoms with Crippen LogP contribution in [0.2, 0.25) is 0 Å². The van der Waals surface area contributed by atoms with Gasteiger partial charge in [0.05, 0.1) is 0 Å². The molecule has 0 spiro atoms. The van der Waals surface area contributed by atoms with Crippen LogP contribution in [0, 0.1) is 6.92 Å². The molecule has 1 heterocycles. The van der Waals surface area contributed by atoms with Gasteiger partial charge in [0.15, 0.2) is 5.58 Å². The standard InChI is InChI=1S/C8H8N2O/c1-5-3-2-4-6-7(5)11-8(9)10-6/h2-4H,1H3,(H2,9,10). The molecule has 0 radical (unpaired) electrons. The average Bonchev–Trinajstić information content (AvgIpc) is 2.31. The summed E-state index contributed by atoms with van der Waals surface area (Å²) in [5, 5.41) is 0. The summed E-state index contributed by atoms with van der Waals surface area (Å²) >= 11 is 0. The molecule has 1 aromatic carbocycles. The first-order valence-electron chi connectivity index (χ1n) is 3.39. The van der Waals surface area contributed by atoms with E-state index in [-0.39, 0.29) is 6.01 Å². The molecule has 0 fully saturated rings. The van der Waals surface area contributed by atoms with Crippen molar-refractivity contribution < 1.29 is 4.42 Å². The van der Waals surface area contributed by atoms with E-state index in [1.807, 2.05) is 25.1 Å². The van der Waals surface area contributed by atoms with Gasteiger partial charge in [-0.15, -0.1) is 0 Å². The maximum absolute atomic E-state index is 5.38. The zero-order valence-corrected chi connectivity index (χ0v) is 6.16. The minimum atomic E-state index is 0.231. The predicted molar refractivity (Wildman–Crippen MR) is 43.2 cm³/mol. The van der Waals surface area contributed by atoms with Crippen molar-refractivity contribution in [3.8, 4) is 0 Å². The first-order valence-corrected chi connectivity index (χ1v) is 3.39. The Bertz CT molecular complexity index is 392. The second kappa shape index (κ2) is 1.99. The lowest BCUT2D eigenvalue weighted by Crippen LogP contribution is -1.80. The fraction of sp³-hybridized carbons (Fsp3) is 0.125. The highest BCUT2D eigenvalue weighted by Crippen LogP contribution is 2.19. The number of hydrogen-bond donors (Lipinski definition) is 1. The highest BCUT2D eigenvalue weighted by atomic mass is 16.4. The van der Waals surface area contributed by atoms with Crippen molar-refractivity contribution in [2.45, 2.75) is 6.92 Å². The van der Waals surface area contributed by atoms with E-state index in [1.165, 1.54) is 0 Å². The molecular formula is C8H8N2O. The van der Waals surface area contributed by atoms with E-state index in [9.17, 15) is 0 Å². The number of aromatic nitrogens is 1. The molecule has 0 aliphatic carbocycles. The molecule has 11 heavy (non-hydrogen) atoms. The number of nitrogens with two attached hydrogens (primary N) is 1. The summed E-state index contributed by atoms with van der Waals surface area (Å²) in [6.07, 6.45) is 0. The number of oxazole rings is 1. The van der Waals surface area contributed by atoms with Gasteiger partial charge >= 0.3 is 0 Å². The molecule has 0 unspecified atom stereocenters. The molecule has 56 valence electrons. The lowest BCUT2D eigenvalue weighted by atomic mass is 10.2. The first kappa shape index (κ1) is 6.22.